The van der Waals surface area contributed by atoms with Gasteiger partial charge in [-0.25, -0.2) is 0 Å². The summed E-state index contributed by atoms with van der Waals surface area (Å²) in [4.78, 5) is 23.0. The van der Waals surface area contributed by atoms with E-state index in [1.807, 2.05) is 26.8 Å². The molecule has 0 spiro atoms. The minimum Gasteiger partial charge on any atom is -0.478 e. The van der Waals surface area contributed by atoms with Gasteiger partial charge in [0.05, 0.1) is 4.92 Å². The molecule has 0 saturated heterocycles. The fourth-order valence-electron chi connectivity index (χ4n) is 2.96. The lowest BCUT2D eigenvalue weighted by Gasteiger charge is -2.13. The quantitative estimate of drug-likeness (QED) is 0.453. The summed E-state index contributed by atoms with van der Waals surface area (Å²) in [5.74, 6) is -0.0724. The molecule has 24 heavy (non-hydrogen) atoms. The van der Waals surface area contributed by atoms with E-state index in [0.29, 0.717) is 5.56 Å². The number of ether oxygens (including phenoxy) is 1. The van der Waals surface area contributed by atoms with Gasteiger partial charge in [0.15, 0.2) is 12.4 Å². The van der Waals surface area contributed by atoms with Crippen LogP contribution in [0.2, 0.25) is 0 Å². The molecule has 0 aliphatic carbocycles. The van der Waals surface area contributed by atoms with Crippen LogP contribution in [0.3, 0.4) is 0 Å². The highest BCUT2D eigenvalue weighted by Crippen LogP contribution is 2.28. The third-order valence-electron chi connectivity index (χ3n) is 3.97. The Balaban J connectivity index is 2.22. The first-order valence-electron chi connectivity index (χ1n) is 7.81. The second-order valence-electron chi connectivity index (χ2n) is 6.19. The van der Waals surface area contributed by atoms with E-state index in [1.54, 1.807) is 12.1 Å². The minimum atomic E-state index is -0.510. The number of nitro groups is 1. The van der Waals surface area contributed by atoms with E-state index in [-0.39, 0.29) is 29.9 Å². The number of carbonyl (C=O) groups is 1. The topological polar surface area (TPSA) is 74.4 Å². The van der Waals surface area contributed by atoms with E-state index in [1.165, 1.54) is 6.07 Å². The Bertz CT molecular complexity index is 791. The van der Waals surface area contributed by atoms with Crippen LogP contribution in [-0.4, -0.2) is 21.9 Å². The SMILES string of the molecule is Cc1ccc([N+](=O)[O-])c(OCC(=O)c2cc(C)n(C(C)C)c2C)c1. The van der Waals surface area contributed by atoms with Crippen molar-refractivity contribution in [2.24, 2.45) is 0 Å². The number of hydrogen-bond acceptors (Lipinski definition) is 4. The van der Waals surface area contributed by atoms with Crippen LogP contribution < -0.4 is 4.74 Å². The lowest BCUT2D eigenvalue weighted by atomic mass is 10.1. The molecule has 0 N–H and O–H groups in total. The highest BCUT2D eigenvalue weighted by molar-refractivity contribution is 5.98. The van der Waals surface area contributed by atoms with Gasteiger partial charge in [0.25, 0.3) is 0 Å². The second kappa shape index (κ2) is 6.86. The molecular weight excluding hydrogens is 308 g/mol. The molecule has 0 aliphatic rings. The summed E-state index contributed by atoms with van der Waals surface area (Å²) in [6.07, 6.45) is 0. The number of rotatable bonds is 6. The van der Waals surface area contributed by atoms with E-state index >= 15 is 0 Å². The van der Waals surface area contributed by atoms with Gasteiger partial charge in [-0.05, 0) is 52.3 Å². The number of hydrogen-bond donors (Lipinski definition) is 0. The van der Waals surface area contributed by atoms with Crippen LogP contribution in [0.4, 0.5) is 5.69 Å². The van der Waals surface area contributed by atoms with Crippen molar-refractivity contribution in [3.8, 4) is 5.75 Å². The number of aromatic nitrogens is 1. The van der Waals surface area contributed by atoms with Crippen LogP contribution in [0, 0.1) is 30.9 Å². The third-order valence-corrected chi connectivity index (χ3v) is 3.97. The Kier molecular flexibility index (Phi) is 5.07. The van der Waals surface area contributed by atoms with Gasteiger partial charge in [0.2, 0.25) is 5.78 Å². The molecule has 0 bridgehead atoms. The van der Waals surface area contributed by atoms with E-state index < -0.39 is 4.92 Å². The number of ketones is 1. The first-order valence-corrected chi connectivity index (χ1v) is 7.81. The number of nitrogens with zero attached hydrogens (tertiary/aromatic N) is 2. The highest BCUT2D eigenvalue weighted by Gasteiger charge is 2.20. The lowest BCUT2D eigenvalue weighted by molar-refractivity contribution is -0.385. The van der Waals surface area contributed by atoms with Crippen LogP contribution in [0.5, 0.6) is 5.75 Å². The van der Waals surface area contributed by atoms with Crippen molar-refractivity contribution in [1.29, 1.82) is 0 Å². The molecule has 128 valence electrons. The van der Waals surface area contributed by atoms with E-state index in [4.69, 9.17) is 4.74 Å². The van der Waals surface area contributed by atoms with Crippen LogP contribution in [0.15, 0.2) is 24.3 Å². The van der Waals surface area contributed by atoms with Gasteiger partial charge >= 0.3 is 5.69 Å². The van der Waals surface area contributed by atoms with Gasteiger partial charge in [-0.2, -0.15) is 0 Å². The maximum absolute atomic E-state index is 12.5. The van der Waals surface area contributed by atoms with Gasteiger partial charge < -0.3 is 9.30 Å². The van der Waals surface area contributed by atoms with Gasteiger partial charge in [-0.1, -0.05) is 6.07 Å². The Hall–Kier alpha value is -2.63. The van der Waals surface area contributed by atoms with Crippen molar-refractivity contribution >= 4 is 11.5 Å². The summed E-state index contributed by atoms with van der Waals surface area (Å²) >= 11 is 0. The van der Waals surface area contributed by atoms with Crippen molar-refractivity contribution in [3.63, 3.8) is 0 Å². The first kappa shape index (κ1) is 17.7. The Morgan fingerprint density at radius 2 is 1.92 bits per heavy atom. The van der Waals surface area contributed by atoms with E-state index in [9.17, 15) is 14.9 Å². The fourth-order valence-corrected chi connectivity index (χ4v) is 2.96. The van der Waals surface area contributed by atoms with E-state index in [2.05, 4.69) is 18.4 Å². The van der Waals surface area contributed by atoms with Crippen LogP contribution >= 0.6 is 0 Å². The maximum atomic E-state index is 12.5. The zero-order valence-electron chi connectivity index (χ0n) is 14.6. The van der Waals surface area contributed by atoms with Crippen molar-refractivity contribution in [2.45, 2.75) is 40.7 Å². The summed E-state index contributed by atoms with van der Waals surface area (Å²) < 4.78 is 7.55. The van der Waals surface area contributed by atoms with Gasteiger partial charge in [0.1, 0.15) is 0 Å². The molecule has 2 aromatic rings. The fraction of sp³-hybridized carbons (Fsp3) is 0.389. The molecule has 0 amide bonds. The minimum absolute atomic E-state index is 0.117. The monoisotopic (exact) mass is 330 g/mol. The average molecular weight is 330 g/mol. The maximum Gasteiger partial charge on any atom is 0.310 e. The molecule has 0 unspecified atom stereocenters. The zero-order valence-corrected chi connectivity index (χ0v) is 14.6. The van der Waals surface area contributed by atoms with Crippen LogP contribution in [0.1, 0.15) is 47.2 Å². The number of nitro benzene ring substituents is 1. The summed E-state index contributed by atoms with van der Waals surface area (Å²) in [7, 11) is 0. The molecule has 6 nitrogen and oxygen atoms in total. The molecule has 0 fully saturated rings. The summed E-state index contributed by atoms with van der Waals surface area (Å²) in [6, 6.07) is 6.70. The Morgan fingerprint density at radius 1 is 1.25 bits per heavy atom. The number of benzene rings is 1. The predicted octanol–water partition coefficient (Wildman–Crippen LogP) is 4.16. The molecule has 0 atom stereocenters. The number of Topliss-reactive ketones (excluding diaryl/α,β-unsaturated/α-hetero) is 1. The van der Waals surface area contributed by atoms with Gasteiger partial charge in [-0.3, -0.25) is 14.9 Å². The Morgan fingerprint density at radius 3 is 2.46 bits per heavy atom. The number of carbonyl (C=O) groups excluding carboxylic acids is 1. The smallest absolute Gasteiger partial charge is 0.310 e. The molecule has 6 heteroatoms. The first-order chi connectivity index (χ1) is 11.2. The number of aryl methyl sites for hydroxylation is 2. The molecule has 1 aromatic carbocycles. The molecule has 2 rings (SSSR count). The predicted molar refractivity (Wildman–Crippen MR) is 91.9 cm³/mol. The van der Waals surface area contributed by atoms with Crippen molar-refractivity contribution < 1.29 is 14.5 Å². The van der Waals surface area contributed by atoms with Crippen LogP contribution in [0.25, 0.3) is 0 Å². The van der Waals surface area contributed by atoms with Crippen molar-refractivity contribution in [2.75, 3.05) is 6.61 Å². The van der Waals surface area contributed by atoms with Crippen molar-refractivity contribution in [3.05, 3.63) is 56.9 Å². The molecular formula is C18H22N2O4. The summed E-state index contributed by atoms with van der Waals surface area (Å²) in [5, 5.41) is 11.1. The largest absolute Gasteiger partial charge is 0.478 e. The highest BCUT2D eigenvalue weighted by atomic mass is 16.6. The van der Waals surface area contributed by atoms with Gasteiger partial charge in [0, 0.05) is 29.1 Å². The average Bonchev–Trinajstić information content (AvgIpc) is 2.79. The van der Waals surface area contributed by atoms with E-state index in [0.717, 1.165) is 17.0 Å². The summed E-state index contributed by atoms with van der Waals surface area (Å²) in [6.45, 7) is 9.55. The molecule has 0 aliphatic heterocycles. The standard InChI is InChI=1S/C18H22N2O4/c1-11(2)19-13(4)9-15(14(19)5)17(21)10-24-18-8-12(3)6-7-16(18)20(22)23/h6-9,11H,10H2,1-5H3. The second-order valence-corrected chi connectivity index (χ2v) is 6.19. The Labute approximate surface area is 141 Å². The third kappa shape index (κ3) is 3.48. The molecule has 1 heterocycles. The van der Waals surface area contributed by atoms with Crippen molar-refractivity contribution in [1.82, 2.24) is 4.57 Å². The van der Waals surface area contributed by atoms with Gasteiger partial charge in [-0.15, -0.1) is 0 Å². The zero-order chi connectivity index (χ0) is 18.0. The molecule has 0 saturated carbocycles. The lowest BCUT2D eigenvalue weighted by Crippen LogP contribution is -2.14. The molecule has 0 radical (unpaired) electrons. The van der Waals surface area contributed by atoms with Crippen LogP contribution in [-0.2, 0) is 0 Å². The summed E-state index contributed by atoms with van der Waals surface area (Å²) in [5.41, 5.74) is 3.18. The normalized spacial score (nSPS) is 10.9. The molecule has 1 aromatic heterocycles.